The third-order valence-electron chi connectivity index (χ3n) is 2.72. The van der Waals surface area contributed by atoms with E-state index in [2.05, 4.69) is 63.9 Å². The van der Waals surface area contributed by atoms with Crippen LogP contribution in [0.15, 0.2) is 40.2 Å². The van der Waals surface area contributed by atoms with Crippen LogP contribution in [0.4, 0.5) is 5.69 Å². The first-order chi connectivity index (χ1) is 8.29. The number of nitrogens with one attached hydrogen (secondary N) is 1. The minimum Gasteiger partial charge on any atom is -0.384 e. The lowest BCUT2D eigenvalue weighted by atomic mass is 10.1. The van der Waals surface area contributed by atoms with Gasteiger partial charge in [0.25, 0.3) is 0 Å². The maximum absolute atomic E-state index is 3.52. The van der Waals surface area contributed by atoms with Crippen LogP contribution in [0.3, 0.4) is 0 Å². The average molecular weight is 310 g/mol. The van der Waals surface area contributed by atoms with Gasteiger partial charge in [-0.2, -0.15) is 0 Å². The van der Waals surface area contributed by atoms with Crippen molar-refractivity contribution in [1.82, 2.24) is 0 Å². The van der Waals surface area contributed by atoms with Crippen molar-refractivity contribution in [3.63, 3.8) is 0 Å². The molecule has 0 radical (unpaired) electrons. The van der Waals surface area contributed by atoms with Crippen molar-refractivity contribution in [2.75, 3.05) is 11.9 Å². The molecule has 0 bridgehead atoms. The van der Waals surface area contributed by atoms with Crippen LogP contribution < -0.4 is 5.32 Å². The molecule has 2 aromatic rings. The van der Waals surface area contributed by atoms with Crippen LogP contribution in [0.5, 0.6) is 0 Å². The second-order valence-electron chi connectivity index (χ2n) is 3.91. The third kappa shape index (κ3) is 3.58. The largest absolute Gasteiger partial charge is 0.384 e. The van der Waals surface area contributed by atoms with Gasteiger partial charge in [0.05, 0.1) is 0 Å². The molecule has 1 N–H and O–H groups in total. The van der Waals surface area contributed by atoms with Gasteiger partial charge in [-0.1, -0.05) is 28.9 Å². The Hall–Kier alpha value is -0.800. The second kappa shape index (κ2) is 6.22. The summed E-state index contributed by atoms with van der Waals surface area (Å²) >= 11 is 5.33. The van der Waals surface area contributed by atoms with E-state index in [0.717, 1.165) is 23.9 Å². The molecular weight excluding hydrogens is 294 g/mol. The van der Waals surface area contributed by atoms with E-state index in [0.29, 0.717) is 0 Å². The molecule has 90 valence electrons. The Morgan fingerprint density at radius 3 is 2.88 bits per heavy atom. The molecule has 0 aliphatic carbocycles. The highest BCUT2D eigenvalue weighted by Crippen LogP contribution is 2.21. The fourth-order valence-electron chi connectivity index (χ4n) is 1.80. The Labute approximate surface area is 115 Å². The van der Waals surface area contributed by atoms with E-state index < -0.39 is 0 Å². The molecule has 0 saturated heterocycles. The summed E-state index contributed by atoms with van der Waals surface area (Å²) < 4.78 is 1.15. The van der Waals surface area contributed by atoms with Gasteiger partial charge in [-0.15, -0.1) is 11.3 Å². The van der Waals surface area contributed by atoms with Crippen molar-refractivity contribution in [3.8, 4) is 0 Å². The minimum absolute atomic E-state index is 0.995. The van der Waals surface area contributed by atoms with Crippen LogP contribution in [-0.4, -0.2) is 6.54 Å². The third-order valence-corrected chi connectivity index (χ3v) is 4.14. The van der Waals surface area contributed by atoms with Gasteiger partial charge < -0.3 is 5.32 Å². The molecule has 0 fully saturated rings. The van der Waals surface area contributed by atoms with E-state index in [1.165, 1.54) is 16.1 Å². The van der Waals surface area contributed by atoms with Crippen molar-refractivity contribution in [1.29, 1.82) is 0 Å². The minimum atomic E-state index is 0.995. The lowest BCUT2D eigenvalue weighted by Crippen LogP contribution is -2.05. The lowest BCUT2D eigenvalue weighted by Gasteiger charge is -2.10. The standard InChI is InChI=1S/C14H16BrNS/c1-2-11-10-12(15)5-6-14(11)16-8-7-13-4-3-9-17-13/h3-6,9-10,16H,2,7-8H2,1H3. The second-order valence-corrected chi connectivity index (χ2v) is 5.86. The van der Waals surface area contributed by atoms with Crippen molar-refractivity contribution in [3.05, 3.63) is 50.6 Å². The molecule has 0 aliphatic heterocycles. The summed E-state index contributed by atoms with van der Waals surface area (Å²) in [5, 5.41) is 5.65. The van der Waals surface area contributed by atoms with Gasteiger partial charge in [-0.3, -0.25) is 0 Å². The summed E-state index contributed by atoms with van der Waals surface area (Å²) in [6.45, 7) is 3.18. The number of aryl methyl sites for hydroxylation is 1. The highest BCUT2D eigenvalue weighted by molar-refractivity contribution is 9.10. The molecule has 1 aromatic carbocycles. The van der Waals surface area contributed by atoms with Crippen LogP contribution in [0.2, 0.25) is 0 Å². The summed E-state index contributed by atoms with van der Waals surface area (Å²) in [6, 6.07) is 10.7. The number of halogens is 1. The van der Waals surface area contributed by atoms with Crippen molar-refractivity contribution >= 4 is 33.0 Å². The molecule has 0 aliphatic rings. The Morgan fingerprint density at radius 2 is 2.18 bits per heavy atom. The molecule has 0 saturated carbocycles. The number of rotatable bonds is 5. The molecule has 1 aromatic heterocycles. The van der Waals surface area contributed by atoms with Gasteiger partial charge in [0.1, 0.15) is 0 Å². The monoisotopic (exact) mass is 309 g/mol. The zero-order valence-corrected chi connectivity index (χ0v) is 12.3. The SMILES string of the molecule is CCc1cc(Br)ccc1NCCc1cccs1. The molecule has 0 atom stereocenters. The van der Waals surface area contributed by atoms with Crippen LogP contribution in [0.1, 0.15) is 17.4 Å². The maximum atomic E-state index is 3.52. The van der Waals surface area contributed by atoms with Crippen LogP contribution in [0.25, 0.3) is 0 Å². The summed E-state index contributed by atoms with van der Waals surface area (Å²) in [5.41, 5.74) is 2.62. The van der Waals surface area contributed by atoms with E-state index in [-0.39, 0.29) is 0 Å². The van der Waals surface area contributed by atoms with Gasteiger partial charge in [0, 0.05) is 21.6 Å². The molecule has 2 rings (SSSR count). The van der Waals surface area contributed by atoms with Crippen LogP contribution in [0, 0.1) is 0 Å². The number of hydrogen-bond donors (Lipinski definition) is 1. The molecule has 1 nitrogen and oxygen atoms in total. The Morgan fingerprint density at radius 1 is 1.29 bits per heavy atom. The van der Waals surface area contributed by atoms with E-state index in [1.54, 1.807) is 0 Å². The molecule has 1 heterocycles. The van der Waals surface area contributed by atoms with E-state index in [1.807, 2.05) is 11.3 Å². The van der Waals surface area contributed by atoms with Gasteiger partial charge in [-0.25, -0.2) is 0 Å². The molecule has 0 amide bonds. The summed E-state index contributed by atoms with van der Waals surface area (Å²) in [4.78, 5) is 1.44. The predicted molar refractivity (Wildman–Crippen MR) is 80.0 cm³/mol. The first-order valence-electron chi connectivity index (χ1n) is 5.84. The summed E-state index contributed by atoms with van der Waals surface area (Å²) in [5.74, 6) is 0. The zero-order valence-electron chi connectivity index (χ0n) is 9.87. The van der Waals surface area contributed by atoms with Crippen molar-refractivity contribution in [2.45, 2.75) is 19.8 Å². The molecule has 0 unspecified atom stereocenters. The van der Waals surface area contributed by atoms with Gasteiger partial charge >= 0.3 is 0 Å². The maximum Gasteiger partial charge on any atom is 0.0373 e. The highest BCUT2D eigenvalue weighted by Gasteiger charge is 2.01. The van der Waals surface area contributed by atoms with E-state index >= 15 is 0 Å². The summed E-state index contributed by atoms with van der Waals surface area (Å²) in [6.07, 6.45) is 2.15. The van der Waals surface area contributed by atoms with Gasteiger partial charge in [0.2, 0.25) is 0 Å². The average Bonchev–Trinajstić information content (AvgIpc) is 2.84. The molecular formula is C14H16BrNS. The number of thiophene rings is 1. The molecule has 0 spiro atoms. The summed E-state index contributed by atoms with van der Waals surface area (Å²) in [7, 11) is 0. The normalized spacial score (nSPS) is 10.5. The van der Waals surface area contributed by atoms with Crippen molar-refractivity contribution in [2.24, 2.45) is 0 Å². The van der Waals surface area contributed by atoms with E-state index in [9.17, 15) is 0 Å². The number of hydrogen-bond acceptors (Lipinski definition) is 2. The smallest absolute Gasteiger partial charge is 0.0373 e. The first kappa shape index (κ1) is 12.7. The van der Waals surface area contributed by atoms with Gasteiger partial charge in [0.15, 0.2) is 0 Å². The highest BCUT2D eigenvalue weighted by atomic mass is 79.9. The van der Waals surface area contributed by atoms with Gasteiger partial charge in [-0.05, 0) is 48.1 Å². The number of benzene rings is 1. The molecule has 17 heavy (non-hydrogen) atoms. The van der Waals surface area contributed by atoms with Crippen LogP contribution in [-0.2, 0) is 12.8 Å². The Kier molecular flexibility index (Phi) is 4.63. The number of anilines is 1. The van der Waals surface area contributed by atoms with Crippen LogP contribution >= 0.6 is 27.3 Å². The quantitative estimate of drug-likeness (QED) is 0.842. The predicted octanol–water partition coefficient (Wildman–Crippen LogP) is 4.73. The Bertz CT molecular complexity index is 465. The fourth-order valence-corrected chi connectivity index (χ4v) is 2.92. The lowest BCUT2D eigenvalue weighted by molar-refractivity contribution is 1.03. The zero-order chi connectivity index (χ0) is 12.1. The topological polar surface area (TPSA) is 12.0 Å². The van der Waals surface area contributed by atoms with Crippen molar-refractivity contribution < 1.29 is 0 Å². The molecule has 3 heteroatoms. The Balaban J connectivity index is 1.94. The first-order valence-corrected chi connectivity index (χ1v) is 7.51. The fraction of sp³-hybridized carbons (Fsp3) is 0.286. The van der Waals surface area contributed by atoms with E-state index in [4.69, 9.17) is 0 Å².